The Bertz CT molecular complexity index is 1510. The molecule has 0 radical (unpaired) electrons. The summed E-state index contributed by atoms with van der Waals surface area (Å²) >= 11 is 0. The van der Waals surface area contributed by atoms with Gasteiger partial charge < -0.3 is 15.3 Å². The normalized spacial score (nSPS) is 15.0. The molecule has 1 aliphatic rings. The first kappa shape index (κ1) is 24.8. The van der Waals surface area contributed by atoms with Gasteiger partial charge >= 0.3 is 5.97 Å². The third kappa shape index (κ3) is 5.44. The first-order valence-corrected chi connectivity index (χ1v) is 12.4. The molecule has 3 aromatic heterocycles. The van der Waals surface area contributed by atoms with E-state index in [4.69, 9.17) is 4.98 Å². The molecule has 4 aromatic rings. The number of benzene rings is 1. The highest BCUT2D eigenvalue weighted by atomic mass is 16.4. The van der Waals surface area contributed by atoms with Crippen LogP contribution in [0.1, 0.15) is 37.9 Å². The van der Waals surface area contributed by atoms with Crippen LogP contribution in [-0.4, -0.2) is 59.7 Å². The van der Waals surface area contributed by atoms with Gasteiger partial charge in [0.05, 0.1) is 41.5 Å². The summed E-state index contributed by atoms with van der Waals surface area (Å²) in [6, 6.07) is 16.4. The number of carboxylic acid groups (broad SMARTS) is 1. The van der Waals surface area contributed by atoms with Gasteiger partial charge in [0, 0.05) is 18.2 Å². The fourth-order valence-corrected chi connectivity index (χ4v) is 4.47. The van der Waals surface area contributed by atoms with E-state index in [9.17, 15) is 15.2 Å². The van der Waals surface area contributed by atoms with E-state index in [1.807, 2.05) is 55.1 Å². The van der Waals surface area contributed by atoms with Crippen LogP contribution in [0.5, 0.6) is 0 Å². The number of anilines is 2. The van der Waals surface area contributed by atoms with Crippen molar-refractivity contribution in [2.24, 2.45) is 0 Å². The first-order chi connectivity index (χ1) is 18.4. The van der Waals surface area contributed by atoms with E-state index in [0.717, 1.165) is 17.7 Å². The summed E-state index contributed by atoms with van der Waals surface area (Å²) in [5.41, 5.74) is 3.92. The van der Waals surface area contributed by atoms with Crippen molar-refractivity contribution in [3.05, 3.63) is 66.0 Å². The summed E-state index contributed by atoms with van der Waals surface area (Å²) in [4.78, 5) is 27.4. The molecule has 38 heavy (non-hydrogen) atoms. The largest absolute Gasteiger partial charge is 0.480 e. The highest BCUT2D eigenvalue weighted by Gasteiger charge is 2.31. The molecule has 1 atom stereocenters. The van der Waals surface area contributed by atoms with Crippen LogP contribution >= 0.6 is 0 Å². The van der Waals surface area contributed by atoms with Crippen molar-refractivity contribution < 1.29 is 9.90 Å². The van der Waals surface area contributed by atoms with E-state index < -0.39 is 12.0 Å². The Labute approximate surface area is 219 Å². The topological polar surface area (TPSA) is 146 Å². The van der Waals surface area contributed by atoms with Crippen molar-refractivity contribution in [2.45, 2.75) is 45.3 Å². The minimum absolute atomic E-state index is 0.119. The second-order valence-corrected chi connectivity index (χ2v) is 9.43. The van der Waals surface area contributed by atoms with Crippen LogP contribution in [0.2, 0.25) is 0 Å². The molecule has 192 valence electrons. The van der Waals surface area contributed by atoms with Gasteiger partial charge in [0.15, 0.2) is 0 Å². The van der Waals surface area contributed by atoms with Crippen LogP contribution in [0, 0.1) is 11.3 Å². The molecule has 0 bridgehead atoms. The minimum atomic E-state index is -0.828. The smallest absolute Gasteiger partial charge is 0.326 e. The van der Waals surface area contributed by atoms with Crippen molar-refractivity contribution in [3.63, 3.8) is 0 Å². The van der Waals surface area contributed by atoms with Gasteiger partial charge in [-0.05, 0) is 57.0 Å². The number of hydrogen-bond donors (Lipinski definition) is 2. The molecular weight excluding hydrogens is 482 g/mol. The van der Waals surface area contributed by atoms with E-state index in [1.54, 1.807) is 23.0 Å². The van der Waals surface area contributed by atoms with Gasteiger partial charge in [-0.3, -0.25) is 0 Å². The van der Waals surface area contributed by atoms with E-state index >= 15 is 0 Å². The minimum Gasteiger partial charge on any atom is -0.480 e. The number of nitrogens with zero attached hydrogens (tertiary/aromatic N) is 8. The van der Waals surface area contributed by atoms with Gasteiger partial charge in [0.25, 0.3) is 0 Å². The highest BCUT2D eigenvalue weighted by Crippen LogP contribution is 2.26. The molecule has 11 heteroatoms. The molecule has 1 aliphatic heterocycles. The van der Waals surface area contributed by atoms with Crippen molar-refractivity contribution in [1.82, 2.24) is 29.9 Å². The predicted molar refractivity (Wildman–Crippen MR) is 141 cm³/mol. The van der Waals surface area contributed by atoms with E-state index in [1.165, 1.54) is 0 Å². The maximum atomic E-state index is 11.6. The highest BCUT2D eigenvalue weighted by molar-refractivity contribution is 5.78. The van der Waals surface area contributed by atoms with Gasteiger partial charge in [0.1, 0.15) is 17.6 Å². The molecule has 1 unspecified atom stereocenters. The van der Waals surface area contributed by atoms with Gasteiger partial charge in [-0.2, -0.15) is 5.26 Å². The van der Waals surface area contributed by atoms with Gasteiger partial charge in [-0.1, -0.05) is 23.4 Å². The van der Waals surface area contributed by atoms with Gasteiger partial charge in [0.2, 0.25) is 5.95 Å². The Morgan fingerprint density at radius 1 is 1.13 bits per heavy atom. The summed E-state index contributed by atoms with van der Waals surface area (Å²) in [5.74, 6) is 0.278. The lowest BCUT2D eigenvalue weighted by atomic mass is 10.1. The van der Waals surface area contributed by atoms with Crippen LogP contribution in [0.4, 0.5) is 11.8 Å². The quantitative estimate of drug-likeness (QED) is 0.361. The van der Waals surface area contributed by atoms with Crippen molar-refractivity contribution in [1.29, 1.82) is 5.26 Å². The number of carboxylic acids is 1. The molecule has 1 fully saturated rings. The molecule has 0 saturated carbocycles. The Hall–Kier alpha value is -4.85. The molecule has 2 N–H and O–H groups in total. The van der Waals surface area contributed by atoms with Gasteiger partial charge in [-0.25, -0.2) is 24.4 Å². The zero-order valence-electron chi connectivity index (χ0n) is 21.1. The molecule has 0 aliphatic carbocycles. The van der Waals surface area contributed by atoms with E-state index in [-0.39, 0.29) is 6.04 Å². The summed E-state index contributed by atoms with van der Waals surface area (Å²) in [6.07, 6.45) is 3.23. The standard InChI is InChI=1S/C27H27N9O2/c1-17(2)29-27-31-21(19-7-3-6-18(12-19)14-28)13-22(32-27)23-16-35(34-33-23)15-20-8-4-10-25(30-20)36-11-5-9-24(36)26(37)38/h3-4,6-8,10,12-13,16-17,24H,5,9,11,15H2,1-2H3,(H,37,38)(H,29,31,32). The molecular formula is C27H27N9O2. The number of carbonyl (C=O) groups is 1. The number of nitrogens with one attached hydrogen (secondary N) is 1. The molecule has 4 heterocycles. The van der Waals surface area contributed by atoms with Crippen LogP contribution in [-0.2, 0) is 11.3 Å². The number of aliphatic carboxylic acids is 1. The molecule has 1 saturated heterocycles. The van der Waals surface area contributed by atoms with Crippen molar-refractivity contribution in [3.8, 4) is 28.7 Å². The average Bonchev–Trinajstić information content (AvgIpc) is 3.59. The number of aromatic nitrogens is 6. The molecule has 11 nitrogen and oxygen atoms in total. The second-order valence-electron chi connectivity index (χ2n) is 9.43. The third-order valence-electron chi connectivity index (χ3n) is 6.18. The summed E-state index contributed by atoms with van der Waals surface area (Å²) < 4.78 is 1.67. The van der Waals surface area contributed by atoms with Crippen LogP contribution in [0.25, 0.3) is 22.6 Å². The monoisotopic (exact) mass is 509 g/mol. The summed E-state index contributed by atoms with van der Waals surface area (Å²) in [6.45, 7) is 5.04. The first-order valence-electron chi connectivity index (χ1n) is 12.4. The zero-order valence-corrected chi connectivity index (χ0v) is 21.1. The average molecular weight is 510 g/mol. The Morgan fingerprint density at radius 2 is 1.95 bits per heavy atom. The molecule has 5 rings (SSSR count). The number of hydrogen-bond acceptors (Lipinski definition) is 9. The summed E-state index contributed by atoms with van der Waals surface area (Å²) in [5, 5.41) is 30.7. The van der Waals surface area contributed by atoms with Crippen LogP contribution < -0.4 is 10.2 Å². The van der Waals surface area contributed by atoms with E-state index in [2.05, 4.69) is 31.7 Å². The zero-order chi connectivity index (χ0) is 26.6. The fourth-order valence-electron chi connectivity index (χ4n) is 4.47. The molecule has 0 amide bonds. The van der Waals surface area contributed by atoms with E-state index in [0.29, 0.717) is 53.9 Å². The van der Waals surface area contributed by atoms with Crippen molar-refractivity contribution in [2.75, 3.05) is 16.8 Å². The number of rotatable bonds is 8. The summed E-state index contributed by atoms with van der Waals surface area (Å²) in [7, 11) is 0. The van der Waals surface area contributed by atoms with Crippen molar-refractivity contribution >= 4 is 17.7 Å². The lowest BCUT2D eigenvalue weighted by molar-refractivity contribution is -0.138. The van der Waals surface area contributed by atoms with Crippen LogP contribution in [0.15, 0.2) is 54.7 Å². The Kier molecular flexibility index (Phi) is 6.95. The maximum Gasteiger partial charge on any atom is 0.326 e. The molecule has 0 spiro atoms. The number of nitriles is 1. The Balaban J connectivity index is 1.42. The fraction of sp³-hybridized carbons (Fsp3) is 0.296. The second kappa shape index (κ2) is 10.6. The third-order valence-corrected chi connectivity index (χ3v) is 6.18. The number of pyridine rings is 1. The molecule has 1 aromatic carbocycles. The van der Waals surface area contributed by atoms with Crippen LogP contribution in [0.3, 0.4) is 0 Å². The Morgan fingerprint density at radius 3 is 2.74 bits per heavy atom. The lowest BCUT2D eigenvalue weighted by Crippen LogP contribution is -2.36. The lowest BCUT2D eigenvalue weighted by Gasteiger charge is -2.22. The maximum absolute atomic E-state index is 11.6. The van der Waals surface area contributed by atoms with Gasteiger partial charge in [-0.15, -0.1) is 5.10 Å². The SMILES string of the molecule is CC(C)Nc1nc(-c2cccc(C#N)c2)cc(-c2cn(Cc3cccc(N4CCCC4C(=O)O)n3)nn2)n1. The predicted octanol–water partition coefficient (Wildman–Crippen LogP) is 3.59.